The summed E-state index contributed by atoms with van der Waals surface area (Å²) in [5.74, 6) is 0.734. The van der Waals surface area contributed by atoms with E-state index in [1.165, 1.54) is 0 Å². The first kappa shape index (κ1) is 11.5. The topological polar surface area (TPSA) is 56.0 Å². The third kappa shape index (κ3) is 3.61. The summed E-state index contributed by atoms with van der Waals surface area (Å²) in [5, 5.41) is 21.3. The molecule has 80 valence electrons. The first-order chi connectivity index (χ1) is 7.13. The predicted octanol–water partition coefficient (Wildman–Crippen LogP) is 2.20. The lowest BCUT2D eigenvalue weighted by molar-refractivity contribution is 0.474. The average Bonchev–Trinajstić information content (AvgIpc) is 2.21. The molecule has 0 saturated heterocycles. The van der Waals surface area contributed by atoms with E-state index < -0.39 is 0 Å². The lowest BCUT2D eigenvalue weighted by atomic mass is 10.1. The fraction of sp³-hybridized carbons (Fsp3) is 0.417. The maximum Gasteiger partial charge on any atom is 0.121 e. The van der Waals surface area contributed by atoms with Crippen molar-refractivity contribution in [3.8, 4) is 11.8 Å². The maximum atomic E-state index is 9.13. The standard InChI is InChI=1S/C12H16N2O/c1-9(2)8-14-12(7-13)10-3-5-11(15)6-4-10/h3-6,9,12,14-15H,8H2,1-2H3. The van der Waals surface area contributed by atoms with Crippen molar-refractivity contribution in [1.82, 2.24) is 5.32 Å². The van der Waals surface area contributed by atoms with Gasteiger partial charge in [-0.1, -0.05) is 26.0 Å². The summed E-state index contributed by atoms with van der Waals surface area (Å²) in [7, 11) is 0. The lowest BCUT2D eigenvalue weighted by Gasteiger charge is -2.13. The second-order valence-electron chi connectivity index (χ2n) is 3.96. The molecule has 3 heteroatoms. The Kier molecular flexibility index (Phi) is 4.14. The molecule has 3 nitrogen and oxygen atoms in total. The smallest absolute Gasteiger partial charge is 0.121 e. The van der Waals surface area contributed by atoms with Gasteiger partial charge in [-0.2, -0.15) is 5.26 Å². The molecule has 0 amide bonds. The number of hydrogen-bond acceptors (Lipinski definition) is 3. The molecule has 1 rings (SSSR count). The number of nitriles is 1. The number of phenols is 1. The molecule has 15 heavy (non-hydrogen) atoms. The molecule has 0 aromatic heterocycles. The molecule has 2 N–H and O–H groups in total. The second kappa shape index (κ2) is 5.38. The van der Waals surface area contributed by atoms with Crippen molar-refractivity contribution in [2.45, 2.75) is 19.9 Å². The van der Waals surface area contributed by atoms with Crippen molar-refractivity contribution in [2.24, 2.45) is 5.92 Å². The molecule has 0 bridgehead atoms. The van der Waals surface area contributed by atoms with Gasteiger partial charge in [-0.25, -0.2) is 0 Å². The highest BCUT2D eigenvalue weighted by Crippen LogP contribution is 2.16. The van der Waals surface area contributed by atoms with Gasteiger partial charge in [-0.15, -0.1) is 0 Å². The number of nitrogens with zero attached hydrogens (tertiary/aromatic N) is 1. The fourth-order valence-electron chi connectivity index (χ4n) is 1.26. The molecule has 1 aromatic rings. The number of aromatic hydroxyl groups is 1. The van der Waals surface area contributed by atoms with Crippen LogP contribution in [0, 0.1) is 17.2 Å². The molecule has 0 radical (unpaired) electrons. The van der Waals surface area contributed by atoms with Gasteiger partial charge in [-0.05, 0) is 30.2 Å². The van der Waals surface area contributed by atoms with Gasteiger partial charge in [-0.3, -0.25) is 5.32 Å². The van der Waals surface area contributed by atoms with E-state index >= 15 is 0 Å². The fourth-order valence-corrected chi connectivity index (χ4v) is 1.26. The van der Waals surface area contributed by atoms with Crippen LogP contribution in [0.25, 0.3) is 0 Å². The van der Waals surface area contributed by atoms with E-state index in [0.717, 1.165) is 12.1 Å². The summed E-state index contributed by atoms with van der Waals surface area (Å²) in [6.07, 6.45) is 0. The monoisotopic (exact) mass is 204 g/mol. The lowest BCUT2D eigenvalue weighted by Crippen LogP contribution is -2.24. The summed E-state index contributed by atoms with van der Waals surface area (Å²) in [6, 6.07) is 8.61. The van der Waals surface area contributed by atoms with Crippen LogP contribution in [0.1, 0.15) is 25.5 Å². The quantitative estimate of drug-likeness (QED) is 0.790. The van der Waals surface area contributed by atoms with Crippen molar-refractivity contribution >= 4 is 0 Å². The van der Waals surface area contributed by atoms with E-state index in [0.29, 0.717) is 5.92 Å². The van der Waals surface area contributed by atoms with Gasteiger partial charge in [0.15, 0.2) is 0 Å². The van der Waals surface area contributed by atoms with Crippen LogP contribution >= 0.6 is 0 Å². The Balaban J connectivity index is 2.67. The Morgan fingerprint density at radius 2 is 1.93 bits per heavy atom. The van der Waals surface area contributed by atoms with Gasteiger partial charge >= 0.3 is 0 Å². The van der Waals surface area contributed by atoms with Crippen LogP contribution in [0.3, 0.4) is 0 Å². The van der Waals surface area contributed by atoms with Crippen molar-refractivity contribution < 1.29 is 5.11 Å². The summed E-state index contributed by atoms with van der Waals surface area (Å²) in [4.78, 5) is 0. The zero-order chi connectivity index (χ0) is 11.3. The first-order valence-corrected chi connectivity index (χ1v) is 5.05. The summed E-state index contributed by atoms with van der Waals surface area (Å²) in [5.41, 5.74) is 0.885. The van der Waals surface area contributed by atoms with Gasteiger partial charge in [0.25, 0.3) is 0 Å². The van der Waals surface area contributed by atoms with E-state index in [1.807, 2.05) is 0 Å². The molecule has 0 fully saturated rings. The summed E-state index contributed by atoms with van der Waals surface area (Å²) in [6.45, 7) is 5.00. The van der Waals surface area contributed by atoms with E-state index in [9.17, 15) is 0 Å². The van der Waals surface area contributed by atoms with Crippen LogP contribution in [-0.4, -0.2) is 11.7 Å². The minimum absolute atomic E-state index is 0.222. The van der Waals surface area contributed by atoms with E-state index in [-0.39, 0.29) is 11.8 Å². The Bertz CT molecular complexity index is 338. The first-order valence-electron chi connectivity index (χ1n) is 5.05. The van der Waals surface area contributed by atoms with Crippen molar-refractivity contribution in [3.05, 3.63) is 29.8 Å². The van der Waals surface area contributed by atoms with Crippen molar-refractivity contribution in [1.29, 1.82) is 5.26 Å². The Labute approximate surface area is 90.4 Å². The van der Waals surface area contributed by atoms with Crippen LogP contribution in [0.15, 0.2) is 24.3 Å². The zero-order valence-electron chi connectivity index (χ0n) is 9.07. The summed E-state index contributed by atoms with van der Waals surface area (Å²) < 4.78 is 0. The van der Waals surface area contributed by atoms with E-state index in [4.69, 9.17) is 10.4 Å². The molecule has 1 atom stereocenters. The van der Waals surface area contributed by atoms with Gasteiger partial charge < -0.3 is 5.11 Å². The second-order valence-corrected chi connectivity index (χ2v) is 3.96. The Morgan fingerprint density at radius 3 is 2.40 bits per heavy atom. The predicted molar refractivity (Wildman–Crippen MR) is 59.3 cm³/mol. The Hall–Kier alpha value is -1.53. The van der Waals surface area contributed by atoms with E-state index in [2.05, 4.69) is 25.2 Å². The van der Waals surface area contributed by atoms with Crippen LogP contribution in [0.4, 0.5) is 0 Å². The van der Waals surface area contributed by atoms with Gasteiger partial charge in [0, 0.05) is 0 Å². The highest BCUT2D eigenvalue weighted by atomic mass is 16.3. The number of rotatable bonds is 4. The normalized spacial score (nSPS) is 12.4. The molecule has 0 aliphatic heterocycles. The molecule has 0 spiro atoms. The number of hydrogen-bond donors (Lipinski definition) is 2. The average molecular weight is 204 g/mol. The van der Waals surface area contributed by atoms with Crippen molar-refractivity contribution in [3.63, 3.8) is 0 Å². The molecule has 0 heterocycles. The molecular weight excluding hydrogens is 188 g/mol. The summed E-state index contributed by atoms with van der Waals surface area (Å²) >= 11 is 0. The maximum absolute atomic E-state index is 9.13. The van der Waals surface area contributed by atoms with Crippen molar-refractivity contribution in [2.75, 3.05) is 6.54 Å². The number of phenolic OH excluding ortho intramolecular Hbond substituents is 1. The molecular formula is C12H16N2O. The minimum Gasteiger partial charge on any atom is -0.508 e. The zero-order valence-corrected chi connectivity index (χ0v) is 9.07. The van der Waals surface area contributed by atoms with E-state index in [1.54, 1.807) is 24.3 Å². The Morgan fingerprint density at radius 1 is 1.33 bits per heavy atom. The minimum atomic E-state index is -0.298. The highest BCUT2D eigenvalue weighted by molar-refractivity contribution is 5.30. The van der Waals surface area contributed by atoms with Crippen LogP contribution in [0.5, 0.6) is 5.75 Å². The SMILES string of the molecule is CC(C)CNC(C#N)c1ccc(O)cc1. The molecule has 0 saturated carbocycles. The van der Waals surface area contributed by atoms with Crippen LogP contribution < -0.4 is 5.32 Å². The largest absolute Gasteiger partial charge is 0.508 e. The number of nitrogens with one attached hydrogen (secondary N) is 1. The van der Waals surface area contributed by atoms with Crippen LogP contribution in [-0.2, 0) is 0 Å². The van der Waals surface area contributed by atoms with Gasteiger partial charge in [0.05, 0.1) is 6.07 Å². The highest BCUT2D eigenvalue weighted by Gasteiger charge is 2.09. The van der Waals surface area contributed by atoms with Crippen LogP contribution in [0.2, 0.25) is 0 Å². The molecule has 1 unspecified atom stereocenters. The number of benzene rings is 1. The third-order valence-electron chi connectivity index (χ3n) is 2.09. The molecule has 0 aliphatic rings. The molecule has 0 aliphatic carbocycles. The van der Waals surface area contributed by atoms with Gasteiger partial charge in [0.1, 0.15) is 11.8 Å². The third-order valence-corrected chi connectivity index (χ3v) is 2.09. The molecule has 1 aromatic carbocycles. The van der Waals surface area contributed by atoms with Gasteiger partial charge in [0.2, 0.25) is 0 Å².